The van der Waals surface area contributed by atoms with Crippen molar-refractivity contribution in [2.24, 2.45) is 0 Å². The summed E-state index contributed by atoms with van der Waals surface area (Å²) in [6, 6.07) is 1.98. The lowest BCUT2D eigenvalue weighted by atomic mass is 10.0. The van der Waals surface area contributed by atoms with Crippen LogP contribution in [0.1, 0.15) is 54.4 Å². The molecular formula is C17H25NO2. The minimum absolute atomic E-state index is 0.0651. The maximum atomic E-state index is 12.1. The Kier molecular flexibility index (Phi) is 8.31. The van der Waals surface area contributed by atoms with Gasteiger partial charge in [-0.2, -0.15) is 5.26 Å². The van der Waals surface area contributed by atoms with Crippen LogP contribution in [0.2, 0.25) is 0 Å². The minimum atomic E-state index is -0.543. The summed E-state index contributed by atoms with van der Waals surface area (Å²) in [7, 11) is 0. The summed E-state index contributed by atoms with van der Waals surface area (Å²) in [5.74, 6) is -0.543. The van der Waals surface area contributed by atoms with E-state index in [-0.39, 0.29) is 11.7 Å². The second-order valence-electron chi connectivity index (χ2n) is 5.39. The predicted octanol–water partition coefficient (Wildman–Crippen LogP) is 4.47. The first-order chi connectivity index (χ1) is 9.31. The van der Waals surface area contributed by atoms with Crippen LogP contribution < -0.4 is 0 Å². The maximum Gasteiger partial charge on any atom is 0.349 e. The van der Waals surface area contributed by atoms with Gasteiger partial charge in [-0.3, -0.25) is 0 Å². The van der Waals surface area contributed by atoms with Gasteiger partial charge in [0.1, 0.15) is 11.6 Å². The molecule has 0 N–H and O–H groups in total. The zero-order chi connectivity index (χ0) is 15.7. The lowest BCUT2D eigenvalue weighted by Crippen LogP contribution is -2.16. The van der Waals surface area contributed by atoms with Crippen LogP contribution in [-0.2, 0) is 9.53 Å². The second-order valence-corrected chi connectivity index (χ2v) is 5.39. The van der Waals surface area contributed by atoms with Gasteiger partial charge in [-0.25, -0.2) is 4.79 Å². The highest BCUT2D eigenvalue weighted by atomic mass is 16.5. The number of carbonyl (C=O) groups excluding carboxylic acids is 1. The van der Waals surface area contributed by atoms with Crippen molar-refractivity contribution < 1.29 is 9.53 Å². The molecule has 0 saturated carbocycles. The summed E-state index contributed by atoms with van der Waals surface area (Å²) < 4.78 is 5.31. The molecule has 3 heteroatoms. The summed E-state index contributed by atoms with van der Waals surface area (Å²) >= 11 is 0. The highest BCUT2D eigenvalue weighted by Crippen LogP contribution is 2.15. The average Bonchev–Trinajstić information content (AvgIpc) is 2.27. The number of allylic oxidation sites excluding steroid dienone is 5. The molecule has 20 heavy (non-hydrogen) atoms. The van der Waals surface area contributed by atoms with E-state index in [1.165, 1.54) is 0 Å². The van der Waals surface area contributed by atoms with Crippen LogP contribution in [0.3, 0.4) is 0 Å². The molecule has 0 aromatic heterocycles. The number of ether oxygens (including phenoxy) is 1. The predicted molar refractivity (Wildman–Crippen MR) is 82.0 cm³/mol. The zero-order valence-electron chi connectivity index (χ0n) is 13.4. The van der Waals surface area contributed by atoms with E-state index in [1.807, 2.05) is 59.8 Å². The van der Waals surface area contributed by atoms with Gasteiger partial charge in [-0.15, -0.1) is 0 Å². The van der Waals surface area contributed by atoms with Crippen molar-refractivity contribution in [1.82, 2.24) is 0 Å². The molecule has 0 heterocycles. The molecule has 0 aliphatic heterocycles. The van der Waals surface area contributed by atoms with E-state index in [9.17, 15) is 10.1 Å². The number of carbonyl (C=O) groups is 1. The Morgan fingerprint density at radius 1 is 1.20 bits per heavy atom. The van der Waals surface area contributed by atoms with E-state index < -0.39 is 5.97 Å². The van der Waals surface area contributed by atoms with Gasteiger partial charge in [-0.05, 0) is 46.6 Å². The first-order valence-electron chi connectivity index (χ1n) is 6.96. The summed E-state index contributed by atoms with van der Waals surface area (Å²) in [6.07, 6.45) is 5.23. The zero-order valence-corrected chi connectivity index (χ0v) is 13.4. The van der Waals surface area contributed by atoms with Gasteiger partial charge < -0.3 is 4.74 Å². The molecule has 0 bridgehead atoms. The lowest BCUT2D eigenvalue weighted by Gasteiger charge is -2.12. The van der Waals surface area contributed by atoms with Gasteiger partial charge in [0.05, 0.1) is 6.10 Å². The number of nitrogens with zero attached hydrogens (tertiary/aromatic N) is 1. The van der Waals surface area contributed by atoms with Crippen LogP contribution in [0.5, 0.6) is 0 Å². The summed E-state index contributed by atoms with van der Waals surface area (Å²) in [5.41, 5.74) is 2.73. The van der Waals surface area contributed by atoms with Gasteiger partial charge in [0, 0.05) is 0 Å². The topological polar surface area (TPSA) is 50.1 Å². The van der Waals surface area contributed by atoms with Gasteiger partial charge in [0.2, 0.25) is 0 Å². The largest absolute Gasteiger partial charge is 0.459 e. The molecule has 0 rings (SSSR count). The fourth-order valence-corrected chi connectivity index (χ4v) is 1.74. The summed E-state index contributed by atoms with van der Waals surface area (Å²) in [5, 5.41) is 9.27. The fraction of sp³-hybridized carbons (Fsp3) is 0.529. The molecule has 1 unspecified atom stereocenters. The Morgan fingerprint density at radius 3 is 2.05 bits per heavy atom. The highest BCUT2D eigenvalue weighted by Gasteiger charge is 2.17. The minimum Gasteiger partial charge on any atom is -0.459 e. The Hall–Kier alpha value is -1.82. The van der Waals surface area contributed by atoms with Crippen molar-refractivity contribution in [2.75, 3.05) is 0 Å². The lowest BCUT2D eigenvalue weighted by molar-refractivity contribution is -0.143. The Labute approximate surface area is 122 Å². The van der Waals surface area contributed by atoms with Crippen molar-refractivity contribution in [3.05, 3.63) is 34.4 Å². The maximum absolute atomic E-state index is 12.1. The van der Waals surface area contributed by atoms with Crippen molar-refractivity contribution in [1.29, 1.82) is 5.26 Å². The van der Waals surface area contributed by atoms with Crippen LogP contribution in [0.4, 0.5) is 0 Å². The molecule has 0 amide bonds. The molecule has 0 fully saturated rings. The van der Waals surface area contributed by atoms with E-state index in [0.717, 1.165) is 24.0 Å². The molecule has 0 spiro atoms. The van der Waals surface area contributed by atoms with Crippen LogP contribution in [0.25, 0.3) is 0 Å². The number of nitriles is 1. The standard InChI is InChI=1S/C17H25NO2/c1-7-8-14(6)20-17(19)16(11-18)15(9-12(2)3)10-13(4)5/h9-10,14H,7-8H2,1-6H3. The van der Waals surface area contributed by atoms with Gasteiger partial charge in [0.15, 0.2) is 0 Å². The SMILES string of the molecule is CCCC(C)OC(=O)C(C#N)=C(C=C(C)C)C=C(C)C. The van der Waals surface area contributed by atoms with Crippen LogP contribution in [0, 0.1) is 11.3 Å². The molecule has 0 saturated heterocycles. The van der Waals surface area contributed by atoms with Gasteiger partial charge in [-0.1, -0.05) is 36.6 Å². The number of hydrogen-bond donors (Lipinski definition) is 0. The average molecular weight is 275 g/mol. The molecule has 0 aliphatic rings. The Balaban J connectivity index is 5.49. The van der Waals surface area contributed by atoms with Crippen molar-refractivity contribution in [3.63, 3.8) is 0 Å². The van der Waals surface area contributed by atoms with Crippen molar-refractivity contribution in [3.8, 4) is 6.07 Å². The molecule has 0 aliphatic carbocycles. The fourth-order valence-electron chi connectivity index (χ4n) is 1.74. The number of rotatable bonds is 6. The van der Waals surface area contributed by atoms with Crippen LogP contribution >= 0.6 is 0 Å². The molecule has 0 aromatic rings. The van der Waals surface area contributed by atoms with Crippen molar-refractivity contribution >= 4 is 5.97 Å². The third-order valence-electron chi connectivity index (χ3n) is 2.50. The first-order valence-corrected chi connectivity index (χ1v) is 6.96. The van der Waals surface area contributed by atoms with E-state index in [4.69, 9.17) is 4.74 Å². The normalized spacial score (nSPS) is 10.8. The molecule has 110 valence electrons. The van der Waals surface area contributed by atoms with E-state index >= 15 is 0 Å². The number of esters is 1. The monoisotopic (exact) mass is 275 g/mol. The molecule has 0 radical (unpaired) electrons. The number of hydrogen-bond acceptors (Lipinski definition) is 3. The summed E-state index contributed by atoms with van der Waals surface area (Å²) in [4.78, 5) is 12.1. The molecule has 0 aromatic carbocycles. The quantitative estimate of drug-likeness (QED) is 0.311. The van der Waals surface area contributed by atoms with Gasteiger partial charge >= 0.3 is 5.97 Å². The third-order valence-corrected chi connectivity index (χ3v) is 2.50. The molecule has 1 atom stereocenters. The van der Waals surface area contributed by atoms with Crippen LogP contribution in [0.15, 0.2) is 34.4 Å². The Bertz CT molecular complexity index is 448. The molecule has 3 nitrogen and oxygen atoms in total. The molecular weight excluding hydrogens is 250 g/mol. The van der Waals surface area contributed by atoms with E-state index in [2.05, 4.69) is 0 Å². The van der Waals surface area contributed by atoms with Crippen LogP contribution in [-0.4, -0.2) is 12.1 Å². The summed E-state index contributed by atoms with van der Waals surface area (Å²) in [6.45, 7) is 11.6. The van der Waals surface area contributed by atoms with Crippen molar-refractivity contribution in [2.45, 2.75) is 60.5 Å². The Morgan fingerprint density at radius 2 is 1.70 bits per heavy atom. The van der Waals surface area contributed by atoms with Gasteiger partial charge in [0.25, 0.3) is 0 Å². The second kappa shape index (κ2) is 9.14. The van der Waals surface area contributed by atoms with E-state index in [1.54, 1.807) is 0 Å². The third kappa shape index (κ3) is 6.94. The smallest absolute Gasteiger partial charge is 0.349 e. The highest BCUT2D eigenvalue weighted by molar-refractivity contribution is 5.95. The van der Waals surface area contributed by atoms with E-state index in [0.29, 0.717) is 5.57 Å². The first kappa shape index (κ1) is 18.2.